The first-order valence-corrected chi connectivity index (χ1v) is 27.1. The van der Waals surface area contributed by atoms with Crippen LogP contribution < -0.4 is 44.3 Å². The molecule has 5 aromatic carbocycles. The second-order valence-electron chi connectivity index (χ2n) is 19.8. The van der Waals surface area contributed by atoms with E-state index in [0.717, 1.165) is 50.6 Å². The zero-order valence-corrected chi connectivity index (χ0v) is 45.5. The summed E-state index contributed by atoms with van der Waals surface area (Å²) in [5.74, 6) is 0.432. The van der Waals surface area contributed by atoms with Gasteiger partial charge in [0.05, 0.1) is 87.1 Å². The van der Waals surface area contributed by atoms with Gasteiger partial charge in [0.25, 0.3) is 11.8 Å². The number of carbonyl (C=O) groups excluding carboxylic acids is 5. The van der Waals surface area contributed by atoms with Crippen molar-refractivity contribution >= 4 is 76.8 Å². The third kappa shape index (κ3) is 12.2. The Bertz CT molecular complexity index is 3140. The molecule has 5 aliphatic rings. The van der Waals surface area contributed by atoms with Gasteiger partial charge in [-0.1, -0.05) is 36.4 Å². The van der Waals surface area contributed by atoms with E-state index in [1.165, 1.54) is 7.11 Å². The van der Waals surface area contributed by atoms with Crippen molar-refractivity contribution in [3.8, 4) is 23.0 Å². The lowest BCUT2D eigenvalue weighted by molar-refractivity contribution is -0.138. The molecule has 3 atom stereocenters. The minimum Gasteiger partial charge on any atom is -0.493 e. The molecular formula is C59H65N7O12S. The van der Waals surface area contributed by atoms with E-state index in [1.54, 1.807) is 37.3 Å². The number of imide groups is 1. The maximum absolute atomic E-state index is 14.2. The molecule has 0 aliphatic carbocycles. The van der Waals surface area contributed by atoms with Gasteiger partial charge in [-0.25, -0.2) is 0 Å². The highest BCUT2D eigenvalue weighted by Gasteiger charge is 2.39. The average molecular weight is 1100 g/mol. The van der Waals surface area contributed by atoms with Crippen LogP contribution in [-0.2, 0) is 54.6 Å². The molecule has 1 saturated heterocycles. The number of hydrogen-bond acceptors (Lipinski definition) is 16. The molecule has 0 aromatic heterocycles. The molecule has 0 bridgehead atoms. The highest BCUT2D eigenvalue weighted by Crippen LogP contribution is 2.43. The molecule has 0 spiro atoms. The molecule has 1 fully saturated rings. The summed E-state index contributed by atoms with van der Waals surface area (Å²) in [6.07, 6.45) is 3.90. The predicted octanol–water partition coefficient (Wildman–Crippen LogP) is 6.59. The van der Waals surface area contributed by atoms with Crippen LogP contribution in [0.15, 0.2) is 96.0 Å². The number of aliphatic imine (C=N–C) groups is 1. The van der Waals surface area contributed by atoms with Crippen LogP contribution in [0.4, 0.5) is 28.4 Å². The number of ether oxygens (including phenoxy) is 7. The lowest BCUT2D eigenvalue weighted by Crippen LogP contribution is -2.39. The Hall–Kier alpha value is -7.65. The number of thiol groups is 1. The van der Waals surface area contributed by atoms with Crippen LogP contribution in [0.5, 0.6) is 23.0 Å². The van der Waals surface area contributed by atoms with Crippen LogP contribution in [0.3, 0.4) is 0 Å². The molecule has 5 aliphatic heterocycles. The number of fused-ring (bicyclic) bond motifs is 8. The monoisotopic (exact) mass is 1100 g/mol. The Morgan fingerprint density at radius 2 is 1.37 bits per heavy atom. The zero-order valence-electron chi connectivity index (χ0n) is 44.6. The van der Waals surface area contributed by atoms with E-state index in [2.05, 4.69) is 34.2 Å². The van der Waals surface area contributed by atoms with Crippen molar-refractivity contribution in [3.63, 3.8) is 0 Å². The molecule has 5 aromatic rings. The van der Waals surface area contributed by atoms with E-state index in [0.29, 0.717) is 111 Å². The summed E-state index contributed by atoms with van der Waals surface area (Å²) in [5.41, 5.74) is 8.35. The van der Waals surface area contributed by atoms with Crippen molar-refractivity contribution in [2.45, 2.75) is 62.7 Å². The SMILES string of the molecule is COCCOCCOCCN(CCCC(=O)NCCN1C(=O)CC(S)C1=O)c1cc(COc2cc3c(cc2OC)C(=O)N2c4ccccc4C[C@H]2C=N3)cc(COc2cc3c(cc2OC)C(=O)N2c4ccccc4C[C@H]2CN3)c1. The quantitative estimate of drug-likeness (QED) is 0.0322. The highest BCUT2D eigenvalue weighted by atomic mass is 32.1. The second-order valence-corrected chi connectivity index (χ2v) is 20.4. The maximum Gasteiger partial charge on any atom is 0.261 e. The van der Waals surface area contributed by atoms with E-state index < -0.39 is 5.25 Å². The van der Waals surface area contributed by atoms with Gasteiger partial charge in [0.1, 0.15) is 13.2 Å². The molecule has 10 rings (SSSR count). The predicted molar refractivity (Wildman–Crippen MR) is 301 cm³/mol. The first kappa shape index (κ1) is 54.7. The molecule has 20 heteroatoms. The number of hydrogen-bond donors (Lipinski definition) is 3. The first-order chi connectivity index (χ1) is 38.5. The topological polar surface area (TPSA) is 199 Å². The summed E-state index contributed by atoms with van der Waals surface area (Å²) in [7, 11) is 4.70. The number of benzene rings is 5. The van der Waals surface area contributed by atoms with E-state index >= 15 is 0 Å². The number of rotatable bonds is 25. The summed E-state index contributed by atoms with van der Waals surface area (Å²) in [4.78, 5) is 78.1. The van der Waals surface area contributed by atoms with Crippen LogP contribution >= 0.6 is 12.6 Å². The summed E-state index contributed by atoms with van der Waals surface area (Å²) < 4.78 is 41.7. The number of carbonyl (C=O) groups is 5. The number of para-hydroxylation sites is 2. The largest absolute Gasteiger partial charge is 0.493 e. The Balaban J connectivity index is 0.906. The third-order valence-corrected chi connectivity index (χ3v) is 15.1. The summed E-state index contributed by atoms with van der Waals surface area (Å²) in [6, 6.07) is 28.6. The van der Waals surface area contributed by atoms with Crippen LogP contribution in [-0.4, -0.2) is 145 Å². The fourth-order valence-corrected chi connectivity index (χ4v) is 11.0. The zero-order chi connectivity index (χ0) is 55.0. The third-order valence-electron chi connectivity index (χ3n) is 14.7. The molecule has 2 N–H and O–H groups in total. The molecule has 0 saturated carbocycles. The number of anilines is 4. The van der Waals surface area contributed by atoms with E-state index in [1.807, 2.05) is 77.8 Å². The smallest absolute Gasteiger partial charge is 0.261 e. The van der Waals surface area contributed by atoms with Crippen LogP contribution in [0.1, 0.15) is 62.2 Å². The van der Waals surface area contributed by atoms with Crippen molar-refractivity contribution in [1.82, 2.24) is 10.2 Å². The summed E-state index contributed by atoms with van der Waals surface area (Å²) >= 11 is 4.20. The molecule has 5 heterocycles. The second kappa shape index (κ2) is 25.0. The number of nitrogens with zero attached hydrogens (tertiary/aromatic N) is 5. The maximum atomic E-state index is 14.2. The average Bonchev–Trinajstić information content (AvgIpc) is 4.27. The highest BCUT2D eigenvalue weighted by molar-refractivity contribution is 7.81. The van der Waals surface area contributed by atoms with E-state index in [4.69, 9.17) is 38.2 Å². The van der Waals surface area contributed by atoms with Gasteiger partial charge in [0.15, 0.2) is 23.0 Å². The van der Waals surface area contributed by atoms with Crippen LogP contribution in [0, 0.1) is 0 Å². The Kier molecular flexibility index (Phi) is 17.3. The van der Waals surface area contributed by atoms with E-state index in [9.17, 15) is 24.0 Å². The molecular weight excluding hydrogens is 1030 g/mol. The van der Waals surface area contributed by atoms with Crippen molar-refractivity contribution in [2.75, 3.05) is 107 Å². The Morgan fingerprint density at radius 1 is 0.722 bits per heavy atom. The van der Waals surface area contributed by atoms with Crippen LogP contribution in [0.25, 0.3) is 0 Å². The van der Waals surface area contributed by atoms with Gasteiger partial charge in [-0.2, -0.15) is 12.6 Å². The molecule has 414 valence electrons. The minimum atomic E-state index is -0.660. The van der Waals surface area contributed by atoms with Gasteiger partial charge < -0.3 is 53.6 Å². The Labute approximate surface area is 464 Å². The van der Waals surface area contributed by atoms with Gasteiger partial charge in [0.2, 0.25) is 17.7 Å². The normalized spacial score (nSPS) is 17.7. The summed E-state index contributed by atoms with van der Waals surface area (Å²) in [6.45, 7) is 3.84. The molecule has 5 amide bonds. The lowest BCUT2D eigenvalue weighted by Gasteiger charge is -2.26. The van der Waals surface area contributed by atoms with Crippen molar-refractivity contribution in [1.29, 1.82) is 0 Å². The fourth-order valence-electron chi connectivity index (χ4n) is 10.8. The van der Waals surface area contributed by atoms with E-state index in [-0.39, 0.29) is 80.8 Å². The fraction of sp³-hybridized carbons (Fsp3) is 0.390. The lowest BCUT2D eigenvalue weighted by atomic mass is 10.1. The standard InChI is InChI=1S/C59H65N7O12S/c1-72-19-20-76-22-21-75-18-17-63(15-8-13-55(67)60-14-16-64-56(68)32-54(79)59(64)71)41-24-37(35-77-52-30-46-44(28-50(52)73-2)57(69)65-42(33-61-46)26-39-9-4-6-11-48(39)65)23-38(25-41)36-78-53-31-47-45(29-51(53)74-3)58(70)66-43(34-62-47)27-40-10-5-7-12-49(40)66/h4-7,9-12,23-25,28-31,33,42-43,54,62,79H,8,13-22,26-27,32,34-36H2,1-3H3,(H,60,67)/t42-,43-,54?/m0/s1. The number of nitrogens with one attached hydrogen (secondary N) is 2. The molecule has 79 heavy (non-hydrogen) atoms. The van der Waals surface area contributed by atoms with Gasteiger partial charge in [-0.05, 0) is 77.6 Å². The number of amides is 5. The molecule has 1 unspecified atom stereocenters. The van der Waals surface area contributed by atoms with Gasteiger partial charge in [0, 0.05) is 94.5 Å². The molecule has 0 radical (unpaired) electrons. The number of likely N-dealkylation sites (tertiary alicyclic amines) is 1. The van der Waals surface area contributed by atoms with Crippen molar-refractivity contribution in [3.05, 3.63) is 124 Å². The van der Waals surface area contributed by atoms with Gasteiger partial charge in [-0.3, -0.25) is 38.8 Å². The van der Waals surface area contributed by atoms with Gasteiger partial charge >= 0.3 is 0 Å². The number of methoxy groups -OCH3 is 3. The van der Waals surface area contributed by atoms with Gasteiger partial charge in [-0.15, -0.1) is 0 Å². The van der Waals surface area contributed by atoms with Crippen molar-refractivity contribution in [2.24, 2.45) is 4.99 Å². The minimum absolute atomic E-state index is 0.0453. The first-order valence-electron chi connectivity index (χ1n) is 26.6. The summed E-state index contributed by atoms with van der Waals surface area (Å²) in [5, 5.41) is 5.71. The van der Waals surface area contributed by atoms with Crippen molar-refractivity contribution < 1.29 is 57.1 Å². The van der Waals surface area contributed by atoms with Crippen LogP contribution in [0.2, 0.25) is 0 Å². The Morgan fingerprint density at radius 3 is 2.06 bits per heavy atom. The molecule has 19 nitrogen and oxygen atoms in total.